The molecule has 2 unspecified atom stereocenters. The molecule has 17 heavy (non-hydrogen) atoms. The highest BCUT2D eigenvalue weighted by Gasteiger charge is 2.34. The Labute approximate surface area is 108 Å². The minimum absolute atomic E-state index is 0.112. The summed E-state index contributed by atoms with van der Waals surface area (Å²) >= 11 is 11.7. The standard InChI is InChI=1S/C10H12Cl2N2O3/c1-13-6(2-5(11)9(13)12)10(17)14-3-7(15)8(16)4-14/h2,7-8,15-16H,3-4H2,1H3. The molecule has 2 rings (SSSR count). The third-order valence-corrected chi connectivity index (χ3v) is 3.72. The van der Waals surface area contributed by atoms with E-state index >= 15 is 0 Å². The minimum Gasteiger partial charge on any atom is -0.388 e. The van der Waals surface area contributed by atoms with Gasteiger partial charge in [-0.15, -0.1) is 0 Å². The van der Waals surface area contributed by atoms with E-state index in [0.717, 1.165) is 0 Å². The summed E-state index contributed by atoms with van der Waals surface area (Å²) in [6, 6.07) is 1.48. The maximum Gasteiger partial charge on any atom is 0.270 e. The number of carbonyl (C=O) groups is 1. The Hall–Kier alpha value is -0.750. The lowest BCUT2D eigenvalue weighted by Gasteiger charge is -2.15. The molecule has 2 atom stereocenters. The van der Waals surface area contributed by atoms with E-state index < -0.39 is 12.2 Å². The van der Waals surface area contributed by atoms with Crippen LogP contribution in [0.15, 0.2) is 6.07 Å². The van der Waals surface area contributed by atoms with E-state index in [1.165, 1.54) is 15.5 Å². The van der Waals surface area contributed by atoms with Crippen LogP contribution in [0.4, 0.5) is 0 Å². The number of nitrogens with zero attached hydrogens (tertiary/aromatic N) is 2. The molecular formula is C10H12Cl2N2O3. The minimum atomic E-state index is -0.898. The Morgan fingerprint density at radius 1 is 1.35 bits per heavy atom. The van der Waals surface area contributed by atoms with Crippen molar-refractivity contribution in [3.63, 3.8) is 0 Å². The van der Waals surface area contributed by atoms with Gasteiger partial charge in [-0.25, -0.2) is 0 Å². The molecule has 1 aliphatic heterocycles. The number of likely N-dealkylation sites (tertiary alicyclic amines) is 1. The van der Waals surface area contributed by atoms with Gasteiger partial charge in [0.25, 0.3) is 5.91 Å². The lowest BCUT2D eigenvalue weighted by molar-refractivity contribution is 0.0572. The summed E-state index contributed by atoms with van der Waals surface area (Å²) in [6.07, 6.45) is -1.80. The van der Waals surface area contributed by atoms with Crippen LogP contribution in [0, 0.1) is 0 Å². The van der Waals surface area contributed by atoms with Gasteiger partial charge >= 0.3 is 0 Å². The molecule has 0 aromatic carbocycles. The lowest BCUT2D eigenvalue weighted by atomic mass is 10.3. The van der Waals surface area contributed by atoms with Crippen LogP contribution in [0.3, 0.4) is 0 Å². The van der Waals surface area contributed by atoms with E-state index in [-0.39, 0.29) is 24.1 Å². The topological polar surface area (TPSA) is 65.7 Å². The number of aliphatic hydroxyl groups is 2. The zero-order chi connectivity index (χ0) is 12.7. The van der Waals surface area contributed by atoms with Crippen molar-refractivity contribution in [2.24, 2.45) is 7.05 Å². The van der Waals surface area contributed by atoms with Gasteiger partial charge in [-0.1, -0.05) is 23.2 Å². The molecule has 0 aliphatic carbocycles. The zero-order valence-corrected chi connectivity index (χ0v) is 10.6. The first-order valence-corrected chi connectivity index (χ1v) is 5.83. The second-order valence-corrected chi connectivity index (χ2v) is 4.84. The summed E-state index contributed by atoms with van der Waals surface area (Å²) in [5.74, 6) is -0.308. The lowest BCUT2D eigenvalue weighted by Crippen LogP contribution is -2.31. The van der Waals surface area contributed by atoms with Crippen LogP contribution in [0.5, 0.6) is 0 Å². The van der Waals surface area contributed by atoms with Crippen LogP contribution >= 0.6 is 23.2 Å². The van der Waals surface area contributed by atoms with Gasteiger partial charge in [0.1, 0.15) is 10.8 Å². The number of carbonyl (C=O) groups excluding carboxylic acids is 1. The molecule has 0 saturated carbocycles. The zero-order valence-electron chi connectivity index (χ0n) is 9.10. The molecular weight excluding hydrogens is 267 g/mol. The van der Waals surface area contributed by atoms with Gasteiger partial charge < -0.3 is 19.7 Å². The first-order valence-electron chi connectivity index (χ1n) is 5.08. The maximum absolute atomic E-state index is 12.1. The van der Waals surface area contributed by atoms with Crippen LogP contribution in [0.1, 0.15) is 10.5 Å². The molecule has 0 bridgehead atoms. The average Bonchev–Trinajstić information content (AvgIpc) is 2.74. The highest BCUT2D eigenvalue weighted by atomic mass is 35.5. The van der Waals surface area contributed by atoms with E-state index in [9.17, 15) is 15.0 Å². The summed E-state index contributed by atoms with van der Waals surface area (Å²) in [6.45, 7) is 0.223. The fourth-order valence-corrected chi connectivity index (χ4v) is 2.22. The molecule has 1 saturated heterocycles. The number of rotatable bonds is 1. The quantitative estimate of drug-likeness (QED) is 0.787. The van der Waals surface area contributed by atoms with Crippen molar-refractivity contribution in [2.75, 3.05) is 13.1 Å². The van der Waals surface area contributed by atoms with Crippen molar-refractivity contribution in [2.45, 2.75) is 12.2 Å². The Balaban J connectivity index is 2.23. The normalized spacial score (nSPS) is 24.4. The fraction of sp³-hybridized carbons (Fsp3) is 0.500. The summed E-state index contributed by atoms with van der Waals surface area (Å²) < 4.78 is 1.48. The average molecular weight is 279 g/mol. The van der Waals surface area contributed by atoms with Crippen LogP contribution in [0.25, 0.3) is 0 Å². The number of aromatic nitrogens is 1. The second-order valence-electron chi connectivity index (χ2n) is 4.07. The summed E-state index contributed by atoms with van der Waals surface area (Å²) in [7, 11) is 1.63. The maximum atomic E-state index is 12.1. The highest BCUT2D eigenvalue weighted by Crippen LogP contribution is 2.26. The predicted octanol–water partition coefficient (Wildman–Crippen LogP) is 0.510. The molecule has 1 aliphatic rings. The molecule has 1 aromatic rings. The third kappa shape index (κ3) is 2.15. The molecule has 1 fully saturated rings. The molecule has 0 radical (unpaired) electrons. The van der Waals surface area contributed by atoms with E-state index in [4.69, 9.17) is 23.2 Å². The van der Waals surface area contributed by atoms with Gasteiger partial charge in [-0.2, -0.15) is 0 Å². The van der Waals surface area contributed by atoms with Crippen LogP contribution < -0.4 is 0 Å². The van der Waals surface area contributed by atoms with Crippen molar-refractivity contribution in [3.8, 4) is 0 Å². The first kappa shape index (κ1) is 12.7. The summed E-state index contributed by atoms with van der Waals surface area (Å²) in [5.41, 5.74) is 0.335. The number of hydrogen-bond acceptors (Lipinski definition) is 3. The van der Waals surface area contributed by atoms with Crippen molar-refractivity contribution < 1.29 is 15.0 Å². The van der Waals surface area contributed by atoms with Crippen LogP contribution in [-0.2, 0) is 7.05 Å². The number of aliphatic hydroxyl groups excluding tert-OH is 2. The Bertz CT molecular complexity index is 451. The largest absolute Gasteiger partial charge is 0.388 e. The summed E-state index contributed by atoms with van der Waals surface area (Å²) in [5, 5.41) is 19.4. The molecule has 2 heterocycles. The van der Waals surface area contributed by atoms with Gasteiger partial charge in [-0.3, -0.25) is 4.79 Å². The molecule has 94 valence electrons. The van der Waals surface area contributed by atoms with E-state index in [0.29, 0.717) is 10.7 Å². The highest BCUT2D eigenvalue weighted by molar-refractivity contribution is 6.41. The van der Waals surface area contributed by atoms with Crippen molar-refractivity contribution in [3.05, 3.63) is 21.9 Å². The first-order chi connectivity index (χ1) is 7.91. The van der Waals surface area contributed by atoms with Gasteiger partial charge in [0.15, 0.2) is 0 Å². The molecule has 2 N–H and O–H groups in total. The van der Waals surface area contributed by atoms with Crippen molar-refractivity contribution in [1.82, 2.24) is 9.47 Å². The number of halogens is 2. The van der Waals surface area contributed by atoms with Crippen LogP contribution in [0.2, 0.25) is 10.2 Å². The van der Waals surface area contributed by atoms with Crippen LogP contribution in [-0.4, -0.2) is 50.9 Å². The van der Waals surface area contributed by atoms with Gasteiger partial charge in [-0.05, 0) is 6.07 Å². The van der Waals surface area contributed by atoms with Crippen molar-refractivity contribution >= 4 is 29.1 Å². The second kappa shape index (κ2) is 4.49. The number of amides is 1. The smallest absolute Gasteiger partial charge is 0.270 e. The third-order valence-electron chi connectivity index (χ3n) is 2.88. The molecule has 7 heteroatoms. The SMILES string of the molecule is Cn1c(C(=O)N2CC(O)C(O)C2)cc(Cl)c1Cl. The molecule has 0 spiro atoms. The van der Waals surface area contributed by atoms with Gasteiger partial charge in [0.2, 0.25) is 0 Å². The summed E-state index contributed by atoms with van der Waals surface area (Å²) in [4.78, 5) is 13.5. The van der Waals surface area contributed by atoms with E-state index in [2.05, 4.69) is 0 Å². The Kier molecular flexibility index (Phi) is 3.36. The fourth-order valence-electron chi connectivity index (χ4n) is 1.84. The molecule has 1 amide bonds. The molecule has 5 nitrogen and oxygen atoms in total. The van der Waals surface area contributed by atoms with Gasteiger partial charge in [0.05, 0.1) is 17.2 Å². The molecule has 1 aromatic heterocycles. The monoisotopic (exact) mass is 278 g/mol. The predicted molar refractivity (Wildman–Crippen MR) is 63.4 cm³/mol. The van der Waals surface area contributed by atoms with Crippen molar-refractivity contribution in [1.29, 1.82) is 0 Å². The van der Waals surface area contributed by atoms with E-state index in [1.807, 2.05) is 0 Å². The number of β-amino-alcohol motifs (C(OH)–C–C–N with tert-alkyl or cyclic N) is 2. The Morgan fingerprint density at radius 3 is 2.29 bits per heavy atom. The van der Waals surface area contributed by atoms with E-state index in [1.54, 1.807) is 7.05 Å². The Morgan fingerprint density at radius 2 is 1.88 bits per heavy atom. The number of hydrogen-bond donors (Lipinski definition) is 2. The van der Waals surface area contributed by atoms with Gasteiger partial charge in [0, 0.05) is 20.1 Å².